The fourth-order valence-corrected chi connectivity index (χ4v) is 0. The fraction of sp³-hybridized carbons (Fsp3) is 0.667. The fourth-order valence-electron chi connectivity index (χ4n) is 0. The Morgan fingerprint density at radius 2 is 1.62 bits per heavy atom. The molecule has 48 valence electrons. The average Bonchev–Trinajstić information content (AvgIpc) is 1.65. The van der Waals surface area contributed by atoms with Gasteiger partial charge in [-0.1, -0.05) is 0 Å². The second-order valence-electron chi connectivity index (χ2n) is 1.96. The molecule has 0 aliphatic heterocycles. The van der Waals surface area contributed by atoms with E-state index in [1.54, 1.807) is 6.08 Å². The molecule has 0 aliphatic rings. The summed E-state index contributed by atoms with van der Waals surface area (Å²) in [5.41, 5.74) is 0. The summed E-state index contributed by atoms with van der Waals surface area (Å²) in [5, 5.41) is 0. The van der Waals surface area contributed by atoms with Crippen molar-refractivity contribution >= 4 is 32.4 Å². The average molecular weight is 237 g/mol. The molecule has 0 aromatic carbocycles. The van der Waals surface area contributed by atoms with Gasteiger partial charge in [0.05, 0.1) is 0 Å². The molecule has 0 aromatic heterocycles. The minimum absolute atomic E-state index is 0.543. The van der Waals surface area contributed by atoms with Crippen LogP contribution in [0.4, 0.5) is 0 Å². The van der Waals surface area contributed by atoms with Gasteiger partial charge in [-0.3, -0.25) is 0 Å². The predicted octanol–water partition coefficient (Wildman–Crippen LogP) is 2.09. The van der Waals surface area contributed by atoms with Crippen molar-refractivity contribution in [2.75, 3.05) is 5.75 Å². The Balaban J connectivity index is 0. The molecule has 0 aliphatic carbocycles. The molecule has 0 bridgehead atoms. The number of hydrogen-bond donors (Lipinski definition) is 0. The topological polar surface area (TPSA) is 0 Å². The van der Waals surface area contributed by atoms with Crippen LogP contribution < -0.4 is 0 Å². The summed E-state index contributed by atoms with van der Waals surface area (Å²) in [4.78, 5) is 7.09. The molecule has 0 saturated carbocycles. The Labute approximate surface area is 65.5 Å². The van der Waals surface area contributed by atoms with Crippen LogP contribution in [-0.2, 0) is 12.6 Å². The van der Waals surface area contributed by atoms with Crippen molar-refractivity contribution in [1.29, 1.82) is 0 Å². The Morgan fingerprint density at radius 3 is 1.62 bits per heavy atom. The van der Waals surface area contributed by atoms with Crippen molar-refractivity contribution in [3.05, 3.63) is 12.7 Å². The summed E-state index contributed by atoms with van der Waals surface area (Å²) in [6, 6.07) is 0. The summed E-state index contributed by atoms with van der Waals surface area (Å²) in [7, 11) is 0. The molecule has 0 fully saturated rings. The standard InChI is InChI=1S/C3H6S.3CH3.Sn/c1-2-3-4;;;;/h2,4H,1,3H2;3*1H3;/q;;;;+1/p-1. The van der Waals surface area contributed by atoms with Gasteiger partial charge in [0, 0.05) is 0 Å². The zero-order chi connectivity index (χ0) is 6.99. The molecule has 2 heteroatoms. The van der Waals surface area contributed by atoms with E-state index in [1.807, 2.05) is 0 Å². The molecule has 0 N–H and O–H groups in total. The van der Waals surface area contributed by atoms with Gasteiger partial charge in [0.15, 0.2) is 0 Å². The van der Waals surface area contributed by atoms with E-state index in [0.717, 1.165) is 0 Å². The van der Waals surface area contributed by atoms with Crippen LogP contribution in [0.15, 0.2) is 12.7 Å². The predicted molar refractivity (Wildman–Crippen MR) is 45.8 cm³/mol. The molecule has 0 unspecified atom stereocenters. The molecule has 0 amide bonds. The summed E-state index contributed by atoms with van der Waals surface area (Å²) in [6.07, 6.45) is 1.69. The first-order valence-corrected chi connectivity index (χ1v) is 11.7. The third-order valence-corrected chi connectivity index (χ3v) is 0.354. The number of rotatable bonds is 1. The van der Waals surface area contributed by atoms with Gasteiger partial charge in [-0.2, -0.15) is 5.75 Å². The first-order valence-electron chi connectivity index (χ1n) is 2.61. The zero-order valence-corrected chi connectivity index (χ0v) is 9.57. The van der Waals surface area contributed by atoms with Crippen molar-refractivity contribution in [3.63, 3.8) is 0 Å². The normalized spacial score (nSPS) is 6.50. The van der Waals surface area contributed by atoms with Crippen molar-refractivity contribution < 1.29 is 0 Å². The molecule has 0 radical (unpaired) electrons. The number of hydrogen-bond acceptors (Lipinski definition) is 1. The minimum atomic E-state index is -0.543. The van der Waals surface area contributed by atoms with Gasteiger partial charge in [0.1, 0.15) is 0 Å². The molecule has 0 spiro atoms. The van der Waals surface area contributed by atoms with E-state index in [4.69, 9.17) is 0 Å². The maximum atomic E-state index is 4.44. The van der Waals surface area contributed by atoms with Crippen molar-refractivity contribution in [3.8, 4) is 0 Å². The summed E-state index contributed by atoms with van der Waals surface area (Å²) >= 11 is 3.89. The first-order chi connectivity index (χ1) is 3.65. The Bertz CT molecular complexity index is 41.0. The first kappa shape index (κ1) is 11.7. The summed E-state index contributed by atoms with van der Waals surface area (Å²) < 4.78 is 0. The van der Waals surface area contributed by atoms with Crippen LogP contribution in [0.2, 0.25) is 14.8 Å². The molecular formula is C6H14SSn. The van der Waals surface area contributed by atoms with E-state index in [2.05, 4.69) is 34.0 Å². The Kier molecular flexibility index (Phi) is 15.7. The molecule has 0 rings (SSSR count). The maximum absolute atomic E-state index is 4.44. The molecule has 0 aromatic rings. The van der Waals surface area contributed by atoms with Crippen LogP contribution in [-0.4, -0.2) is 25.5 Å². The molecule has 0 atom stereocenters. The third-order valence-electron chi connectivity index (χ3n) is 0.118. The van der Waals surface area contributed by atoms with Crippen LogP contribution in [0.1, 0.15) is 0 Å². The molecule has 0 saturated heterocycles. The summed E-state index contributed by atoms with van der Waals surface area (Å²) in [6.45, 7) is 3.38. The van der Waals surface area contributed by atoms with E-state index < -0.39 is 19.8 Å². The van der Waals surface area contributed by atoms with E-state index in [9.17, 15) is 0 Å². The second kappa shape index (κ2) is 10.8. The van der Waals surface area contributed by atoms with Gasteiger partial charge in [-0.25, -0.2) is 0 Å². The van der Waals surface area contributed by atoms with E-state index in [0.29, 0.717) is 5.75 Å². The van der Waals surface area contributed by atoms with E-state index >= 15 is 0 Å². The second-order valence-corrected chi connectivity index (χ2v) is 10.9. The molecule has 8 heavy (non-hydrogen) atoms. The van der Waals surface area contributed by atoms with Crippen molar-refractivity contribution in [1.82, 2.24) is 0 Å². The van der Waals surface area contributed by atoms with Gasteiger partial charge in [0.2, 0.25) is 0 Å². The molecule has 0 nitrogen and oxygen atoms in total. The van der Waals surface area contributed by atoms with Gasteiger partial charge in [-0.15, -0.1) is 12.7 Å². The van der Waals surface area contributed by atoms with E-state index in [-0.39, 0.29) is 0 Å². The van der Waals surface area contributed by atoms with Gasteiger partial charge >= 0.3 is 34.6 Å². The SMILES string of the molecule is C=CC[S-].[CH3][Sn+]([CH3])[CH3]. The van der Waals surface area contributed by atoms with Crippen LogP contribution in [0, 0.1) is 0 Å². The molecule has 0 heterocycles. The van der Waals surface area contributed by atoms with E-state index in [1.165, 1.54) is 0 Å². The van der Waals surface area contributed by atoms with Crippen LogP contribution >= 0.6 is 0 Å². The quantitative estimate of drug-likeness (QED) is 0.382. The molecular weight excluding hydrogens is 223 g/mol. The van der Waals surface area contributed by atoms with Crippen molar-refractivity contribution in [2.24, 2.45) is 0 Å². The Hall–Kier alpha value is 0.889. The zero-order valence-electron chi connectivity index (χ0n) is 5.90. The van der Waals surface area contributed by atoms with Gasteiger partial charge in [0.25, 0.3) is 0 Å². The summed E-state index contributed by atoms with van der Waals surface area (Å²) in [5.74, 6) is 0.667. The van der Waals surface area contributed by atoms with Gasteiger partial charge < -0.3 is 12.6 Å². The Morgan fingerprint density at radius 1 is 1.50 bits per heavy atom. The van der Waals surface area contributed by atoms with Crippen LogP contribution in [0.3, 0.4) is 0 Å². The van der Waals surface area contributed by atoms with Crippen molar-refractivity contribution in [2.45, 2.75) is 14.8 Å². The van der Waals surface area contributed by atoms with Crippen LogP contribution in [0.25, 0.3) is 0 Å². The van der Waals surface area contributed by atoms with Crippen LogP contribution in [0.5, 0.6) is 0 Å². The third kappa shape index (κ3) is 67.0. The van der Waals surface area contributed by atoms with Gasteiger partial charge in [-0.05, 0) is 0 Å². The monoisotopic (exact) mass is 238 g/mol.